The van der Waals surface area contributed by atoms with E-state index in [2.05, 4.69) is 15.8 Å². The topological polar surface area (TPSA) is 86.9 Å². The summed E-state index contributed by atoms with van der Waals surface area (Å²) in [4.78, 5) is 24.9. The van der Waals surface area contributed by atoms with Crippen LogP contribution in [0, 0.1) is 0 Å². The minimum absolute atomic E-state index is 0.0484. The summed E-state index contributed by atoms with van der Waals surface area (Å²) < 4.78 is 5.37. The quantitative estimate of drug-likeness (QED) is 0.809. The number of hydrogen-bond donors (Lipinski definition) is 2. The van der Waals surface area contributed by atoms with Crippen molar-refractivity contribution in [2.24, 2.45) is 5.10 Å². The maximum absolute atomic E-state index is 12.0. The van der Waals surface area contributed by atoms with Crippen molar-refractivity contribution in [1.82, 2.24) is 15.6 Å². The summed E-state index contributed by atoms with van der Waals surface area (Å²) >= 11 is 0. The van der Waals surface area contributed by atoms with Gasteiger partial charge in [0.1, 0.15) is 11.5 Å². The van der Waals surface area contributed by atoms with E-state index in [0.29, 0.717) is 25.1 Å². The molecular formula is C13H18N4O3. The highest BCUT2D eigenvalue weighted by atomic mass is 16.3. The number of likely N-dealkylation sites (N-methyl/N-ethyl adjacent to an activating group) is 1. The molecule has 2 amide bonds. The van der Waals surface area contributed by atoms with Gasteiger partial charge in [-0.15, -0.1) is 0 Å². The predicted molar refractivity (Wildman–Crippen MR) is 73.0 cm³/mol. The van der Waals surface area contributed by atoms with E-state index in [1.54, 1.807) is 6.26 Å². The van der Waals surface area contributed by atoms with E-state index < -0.39 is 0 Å². The van der Waals surface area contributed by atoms with Crippen LogP contribution in [0.1, 0.15) is 24.6 Å². The zero-order chi connectivity index (χ0) is 14.5. The van der Waals surface area contributed by atoms with Gasteiger partial charge in [0.25, 0.3) is 5.91 Å². The second-order valence-electron chi connectivity index (χ2n) is 4.80. The molecule has 0 saturated carbocycles. The molecule has 0 saturated heterocycles. The number of carbonyl (C=O) groups excluding carboxylic acids is 2. The van der Waals surface area contributed by atoms with Gasteiger partial charge in [-0.25, -0.2) is 5.43 Å². The van der Waals surface area contributed by atoms with Crippen molar-refractivity contribution < 1.29 is 14.0 Å². The third-order valence-corrected chi connectivity index (χ3v) is 3.12. The highest BCUT2D eigenvalue weighted by molar-refractivity contribution is 6.39. The smallest absolute Gasteiger partial charge is 0.267 e. The van der Waals surface area contributed by atoms with Crippen LogP contribution in [0.3, 0.4) is 0 Å². The highest BCUT2D eigenvalue weighted by Crippen LogP contribution is 2.17. The number of rotatable bonds is 5. The number of hydrazone groups is 1. The zero-order valence-electron chi connectivity index (χ0n) is 11.5. The van der Waals surface area contributed by atoms with Gasteiger partial charge in [-0.05, 0) is 26.2 Å². The van der Waals surface area contributed by atoms with Crippen LogP contribution in [0.25, 0.3) is 0 Å². The molecular weight excluding hydrogens is 260 g/mol. The second-order valence-corrected chi connectivity index (χ2v) is 4.80. The first-order valence-corrected chi connectivity index (χ1v) is 6.41. The molecule has 1 aliphatic rings. The fourth-order valence-electron chi connectivity index (χ4n) is 1.95. The molecule has 20 heavy (non-hydrogen) atoms. The Labute approximate surface area is 117 Å². The molecule has 1 aromatic heterocycles. The van der Waals surface area contributed by atoms with Crippen LogP contribution in [-0.4, -0.2) is 43.1 Å². The maximum atomic E-state index is 12.0. The van der Waals surface area contributed by atoms with Crippen LogP contribution < -0.4 is 10.7 Å². The van der Waals surface area contributed by atoms with Crippen molar-refractivity contribution in [2.75, 3.05) is 20.6 Å². The van der Waals surface area contributed by atoms with Gasteiger partial charge in [0.2, 0.25) is 5.91 Å². The summed E-state index contributed by atoms with van der Waals surface area (Å²) in [6.45, 7) is 0.409. The minimum Gasteiger partial charge on any atom is -0.468 e. The Kier molecular flexibility index (Phi) is 4.52. The summed E-state index contributed by atoms with van der Waals surface area (Å²) in [5, 5.41) is 6.58. The second kappa shape index (κ2) is 6.33. The first kappa shape index (κ1) is 14.3. The van der Waals surface area contributed by atoms with Gasteiger partial charge < -0.3 is 9.73 Å². The molecule has 0 spiro atoms. The van der Waals surface area contributed by atoms with Crippen molar-refractivity contribution in [1.29, 1.82) is 0 Å². The van der Waals surface area contributed by atoms with Crippen LogP contribution >= 0.6 is 0 Å². The molecule has 0 aliphatic carbocycles. The lowest BCUT2D eigenvalue weighted by molar-refractivity contribution is -0.121. The lowest BCUT2D eigenvalue weighted by Crippen LogP contribution is -2.40. The zero-order valence-corrected chi connectivity index (χ0v) is 11.5. The Bertz CT molecular complexity index is 508. The fourth-order valence-corrected chi connectivity index (χ4v) is 1.95. The van der Waals surface area contributed by atoms with Gasteiger partial charge >= 0.3 is 0 Å². The molecule has 0 bridgehead atoms. The number of furan rings is 1. The standard InChI is InChI=1S/C13H18N4O3/c1-17(2)10(11-4-3-7-20-11)8-14-13(19)9-5-6-12(18)16-15-9/h3-4,7,10H,5-6,8H2,1-2H3,(H,14,19)(H,16,18)/t10-/m0/s1. The number of nitrogens with one attached hydrogen (secondary N) is 2. The number of carbonyl (C=O) groups is 2. The molecule has 1 aliphatic heterocycles. The number of amides is 2. The number of nitrogens with zero attached hydrogens (tertiary/aromatic N) is 2. The summed E-state index contributed by atoms with van der Waals surface area (Å²) in [5.41, 5.74) is 2.66. The molecule has 0 unspecified atom stereocenters. The Morgan fingerprint density at radius 3 is 2.90 bits per heavy atom. The van der Waals surface area contributed by atoms with Crippen LogP contribution in [0.4, 0.5) is 0 Å². The van der Waals surface area contributed by atoms with Crippen molar-refractivity contribution in [3.8, 4) is 0 Å². The van der Waals surface area contributed by atoms with Crippen molar-refractivity contribution in [3.63, 3.8) is 0 Å². The lowest BCUT2D eigenvalue weighted by Gasteiger charge is -2.23. The van der Waals surface area contributed by atoms with Gasteiger partial charge in [0.05, 0.1) is 12.3 Å². The third kappa shape index (κ3) is 3.45. The molecule has 7 heteroatoms. The van der Waals surface area contributed by atoms with Crippen LogP contribution in [0.5, 0.6) is 0 Å². The van der Waals surface area contributed by atoms with Gasteiger partial charge in [0.15, 0.2) is 0 Å². The molecule has 108 valence electrons. The predicted octanol–water partition coefficient (Wildman–Crippen LogP) is 0.265. The summed E-state index contributed by atoms with van der Waals surface area (Å²) in [7, 11) is 3.83. The number of hydrogen-bond acceptors (Lipinski definition) is 5. The van der Waals surface area contributed by atoms with E-state index in [9.17, 15) is 9.59 Å². The van der Waals surface area contributed by atoms with Crippen molar-refractivity contribution in [3.05, 3.63) is 24.2 Å². The Morgan fingerprint density at radius 2 is 2.35 bits per heavy atom. The van der Waals surface area contributed by atoms with E-state index >= 15 is 0 Å². The van der Waals surface area contributed by atoms with Crippen LogP contribution in [-0.2, 0) is 9.59 Å². The molecule has 2 rings (SSSR count). The van der Waals surface area contributed by atoms with Crippen molar-refractivity contribution >= 4 is 17.5 Å². The van der Waals surface area contributed by atoms with Gasteiger partial charge in [-0.2, -0.15) is 5.10 Å². The van der Waals surface area contributed by atoms with E-state index in [1.807, 2.05) is 31.1 Å². The van der Waals surface area contributed by atoms with Crippen molar-refractivity contribution in [2.45, 2.75) is 18.9 Å². The third-order valence-electron chi connectivity index (χ3n) is 3.12. The molecule has 1 atom stereocenters. The highest BCUT2D eigenvalue weighted by Gasteiger charge is 2.21. The molecule has 0 fully saturated rings. The molecule has 0 aromatic carbocycles. The Hall–Kier alpha value is -2.15. The lowest BCUT2D eigenvalue weighted by atomic mass is 10.1. The summed E-state index contributed by atoms with van der Waals surface area (Å²) in [6, 6.07) is 3.64. The monoisotopic (exact) mass is 278 g/mol. The molecule has 1 aromatic rings. The van der Waals surface area contributed by atoms with Crippen LogP contribution in [0.15, 0.2) is 27.9 Å². The first-order valence-electron chi connectivity index (χ1n) is 6.41. The van der Waals surface area contributed by atoms with Gasteiger partial charge in [-0.1, -0.05) is 0 Å². The van der Waals surface area contributed by atoms with Gasteiger partial charge in [-0.3, -0.25) is 14.5 Å². The van der Waals surface area contributed by atoms with E-state index in [1.165, 1.54) is 0 Å². The van der Waals surface area contributed by atoms with Gasteiger partial charge in [0, 0.05) is 19.4 Å². The Morgan fingerprint density at radius 1 is 1.55 bits per heavy atom. The van der Waals surface area contributed by atoms with E-state index in [-0.39, 0.29) is 17.9 Å². The molecule has 2 N–H and O–H groups in total. The molecule has 7 nitrogen and oxygen atoms in total. The average Bonchev–Trinajstić information content (AvgIpc) is 2.93. The van der Waals surface area contributed by atoms with Crippen LogP contribution in [0.2, 0.25) is 0 Å². The maximum Gasteiger partial charge on any atom is 0.267 e. The minimum atomic E-state index is -0.261. The fraction of sp³-hybridized carbons (Fsp3) is 0.462. The Balaban J connectivity index is 1.93. The largest absolute Gasteiger partial charge is 0.468 e. The normalized spacial score (nSPS) is 16.6. The first-order chi connectivity index (χ1) is 9.58. The molecule has 2 heterocycles. The molecule has 0 radical (unpaired) electrons. The summed E-state index contributed by atoms with van der Waals surface area (Å²) in [6.07, 6.45) is 2.26. The average molecular weight is 278 g/mol. The summed E-state index contributed by atoms with van der Waals surface area (Å²) in [5.74, 6) is 0.362. The van der Waals surface area contributed by atoms with E-state index in [4.69, 9.17) is 4.42 Å². The SMILES string of the molecule is CN(C)[C@@H](CNC(=O)C1=NNC(=O)CC1)c1ccco1. The van der Waals surface area contributed by atoms with E-state index in [0.717, 1.165) is 5.76 Å².